The van der Waals surface area contributed by atoms with Gasteiger partial charge in [-0.25, -0.2) is 0 Å². The maximum atomic E-state index is 11.8. The number of thioether (sulfide) groups is 1. The minimum absolute atomic E-state index is 0.0383. The molecule has 1 heterocycles. The second-order valence-corrected chi connectivity index (χ2v) is 5.50. The first-order chi connectivity index (χ1) is 9.04. The van der Waals surface area contributed by atoms with Gasteiger partial charge in [0.1, 0.15) is 0 Å². The van der Waals surface area contributed by atoms with Crippen LogP contribution in [0.15, 0.2) is 35.4 Å². The highest BCUT2D eigenvalue weighted by molar-refractivity contribution is 8.00. The van der Waals surface area contributed by atoms with E-state index in [9.17, 15) is 4.79 Å². The highest BCUT2D eigenvalue weighted by atomic mass is 32.2. The molecule has 0 fully saturated rings. The molecule has 0 unspecified atom stereocenters. The van der Waals surface area contributed by atoms with Gasteiger partial charge in [0, 0.05) is 24.2 Å². The molecule has 2 aromatic rings. The third kappa shape index (κ3) is 3.86. The lowest BCUT2D eigenvalue weighted by molar-refractivity contribution is -0.113. The molecule has 0 radical (unpaired) electrons. The topological polar surface area (TPSA) is 46.9 Å². The Labute approximate surface area is 117 Å². The first-order valence-electron chi connectivity index (χ1n) is 6.04. The zero-order valence-electron chi connectivity index (χ0n) is 11.3. The van der Waals surface area contributed by atoms with Crippen molar-refractivity contribution in [2.45, 2.75) is 18.7 Å². The molecule has 5 heteroatoms. The second-order valence-electron chi connectivity index (χ2n) is 4.48. The molecule has 0 saturated heterocycles. The van der Waals surface area contributed by atoms with E-state index in [4.69, 9.17) is 0 Å². The number of nitrogens with zero attached hydrogens (tertiary/aromatic N) is 2. The van der Waals surface area contributed by atoms with Gasteiger partial charge in [0.05, 0.1) is 5.75 Å². The maximum absolute atomic E-state index is 11.8. The molecule has 4 nitrogen and oxygen atoms in total. The fourth-order valence-corrected chi connectivity index (χ4v) is 2.57. The van der Waals surface area contributed by atoms with E-state index < -0.39 is 0 Å². The molecule has 0 spiro atoms. The molecule has 0 aliphatic carbocycles. The first-order valence-corrected chi connectivity index (χ1v) is 7.03. The Morgan fingerprint density at radius 2 is 2.16 bits per heavy atom. The Kier molecular flexibility index (Phi) is 4.27. The van der Waals surface area contributed by atoms with Crippen LogP contribution in [0.25, 0.3) is 0 Å². The van der Waals surface area contributed by atoms with Crippen molar-refractivity contribution < 1.29 is 4.79 Å². The first kappa shape index (κ1) is 13.7. The van der Waals surface area contributed by atoms with Crippen molar-refractivity contribution in [3.63, 3.8) is 0 Å². The Morgan fingerprint density at radius 1 is 1.37 bits per heavy atom. The quantitative estimate of drug-likeness (QED) is 0.873. The summed E-state index contributed by atoms with van der Waals surface area (Å²) < 4.78 is 1.66. The van der Waals surface area contributed by atoms with E-state index in [0.29, 0.717) is 11.6 Å². The fraction of sp³-hybridized carbons (Fsp3) is 0.286. The Morgan fingerprint density at radius 3 is 2.79 bits per heavy atom. The number of anilines is 1. The molecule has 0 bridgehead atoms. The van der Waals surface area contributed by atoms with E-state index in [0.717, 1.165) is 4.90 Å². The van der Waals surface area contributed by atoms with E-state index in [-0.39, 0.29) is 5.91 Å². The molecule has 2 rings (SSSR count). The third-order valence-corrected chi connectivity index (χ3v) is 3.85. The lowest BCUT2D eigenvalue weighted by atomic mass is 10.2. The van der Waals surface area contributed by atoms with Crippen LogP contribution < -0.4 is 5.32 Å². The summed E-state index contributed by atoms with van der Waals surface area (Å²) >= 11 is 1.54. The van der Waals surface area contributed by atoms with Crippen molar-refractivity contribution >= 4 is 23.5 Å². The molecule has 0 atom stereocenters. The number of aromatic nitrogens is 2. The van der Waals surface area contributed by atoms with Crippen LogP contribution in [0.4, 0.5) is 5.82 Å². The number of aryl methyl sites for hydroxylation is 3. The maximum Gasteiger partial charge on any atom is 0.235 e. The summed E-state index contributed by atoms with van der Waals surface area (Å²) in [6.45, 7) is 4.13. The SMILES string of the molecule is Cc1ccc(SCC(=O)Nc2ccn(C)n2)c(C)c1. The number of nitrogens with one attached hydrogen (secondary N) is 1. The minimum Gasteiger partial charge on any atom is -0.308 e. The van der Waals surface area contributed by atoms with Crippen molar-refractivity contribution in [2.24, 2.45) is 7.05 Å². The van der Waals surface area contributed by atoms with E-state index in [1.54, 1.807) is 28.7 Å². The highest BCUT2D eigenvalue weighted by Gasteiger charge is 2.06. The Bertz CT molecular complexity index is 592. The zero-order valence-corrected chi connectivity index (χ0v) is 12.1. The summed E-state index contributed by atoms with van der Waals surface area (Å²) in [7, 11) is 1.82. The van der Waals surface area contributed by atoms with Gasteiger partial charge in [-0.05, 0) is 25.5 Å². The monoisotopic (exact) mass is 275 g/mol. The van der Waals surface area contributed by atoms with Crippen LogP contribution in [0.1, 0.15) is 11.1 Å². The predicted molar refractivity (Wildman–Crippen MR) is 78.5 cm³/mol. The fourth-order valence-electron chi connectivity index (χ4n) is 1.77. The van der Waals surface area contributed by atoms with Crippen molar-refractivity contribution in [1.29, 1.82) is 0 Å². The summed E-state index contributed by atoms with van der Waals surface area (Å²) in [6, 6.07) is 8.02. The summed E-state index contributed by atoms with van der Waals surface area (Å²) in [5, 5.41) is 6.88. The number of carbonyl (C=O) groups excluding carboxylic acids is 1. The molecule has 1 aromatic heterocycles. The molecule has 100 valence electrons. The van der Waals surface area contributed by atoms with Crippen molar-refractivity contribution in [3.8, 4) is 0 Å². The van der Waals surface area contributed by atoms with E-state index in [1.807, 2.05) is 7.05 Å². The predicted octanol–water partition coefficient (Wildman–Crippen LogP) is 2.77. The van der Waals surface area contributed by atoms with Crippen molar-refractivity contribution in [3.05, 3.63) is 41.6 Å². The van der Waals surface area contributed by atoms with E-state index in [1.165, 1.54) is 11.1 Å². The third-order valence-electron chi connectivity index (χ3n) is 2.67. The van der Waals surface area contributed by atoms with Gasteiger partial charge in [0.15, 0.2) is 5.82 Å². The summed E-state index contributed by atoms with van der Waals surface area (Å²) in [5.74, 6) is 0.943. The van der Waals surface area contributed by atoms with Gasteiger partial charge in [-0.3, -0.25) is 9.48 Å². The van der Waals surface area contributed by atoms with Gasteiger partial charge in [-0.1, -0.05) is 17.7 Å². The van der Waals surface area contributed by atoms with Crippen LogP contribution in [0.2, 0.25) is 0 Å². The number of hydrogen-bond acceptors (Lipinski definition) is 3. The van der Waals surface area contributed by atoms with Crippen LogP contribution in [0, 0.1) is 13.8 Å². The van der Waals surface area contributed by atoms with Crippen LogP contribution >= 0.6 is 11.8 Å². The standard InChI is InChI=1S/C14H17N3OS/c1-10-4-5-12(11(2)8-10)19-9-14(18)15-13-6-7-17(3)16-13/h4-8H,9H2,1-3H3,(H,15,16,18). The average Bonchev–Trinajstić information content (AvgIpc) is 2.73. The molecule has 1 amide bonds. The molecule has 0 aliphatic rings. The number of hydrogen-bond donors (Lipinski definition) is 1. The Hall–Kier alpha value is -1.75. The summed E-state index contributed by atoms with van der Waals surface area (Å²) in [5.41, 5.74) is 2.44. The smallest absolute Gasteiger partial charge is 0.235 e. The molecule has 0 aliphatic heterocycles. The number of carbonyl (C=O) groups is 1. The Balaban J connectivity index is 1.89. The average molecular weight is 275 g/mol. The molecule has 19 heavy (non-hydrogen) atoms. The van der Waals surface area contributed by atoms with Crippen LogP contribution in [-0.2, 0) is 11.8 Å². The largest absolute Gasteiger partial charge is 0.308 e. The van der Waals surface area contributed by atoms with Crippen molar-refractivity contribution in [1.82, 2.24) is 9.78 Å². The number of benzene rings is 1. The molecule has 1 N–H and O–H groups in total. The normalized spacial score (nSPS) is 10.5. The van der Waals surface area contributed by atoms with Crippen LogP contribution in [0.3, 0.4) is 0 Å². The molecular formula is C14H17N3OS. The zero-order chi connectivity index (χ0) is 13.8. The van der Waals surface area contributed by atoms with Crippen molar-refractivity contribution in [2.75, 3.05) is 11.1 Å². The molecule has 0 saturated carbocycles. The van der Waals surface area contributed by atoms with Crippen LogP contribution in [0.5, 0.6) is 0 Å². The molecule has 1 aromatic carbocycles. The minimum atomic E-state index is -0.0383. The van der Waals surface area contributed by atoms with Gasteiger partial charge in [0.2, 0.25) is 5.91 Å². The van der Waals surface area contributed by atoms with Gasteiger partial charge in [-0.15, -0.1) is 11.8 Å². The lowest BCUT2D eigenvalue weighted by Gasteiger charge is -2.06. The number of amides is 1. The highest BCUT2D eigenvalue weighted by Crippen LogP contribution is 2.23. The van der Waals surface area contributed by atoms with Gasteiger partial charge in [-0.2, -0.15) is 5.10 Å². The van der Waals surface area contributed by atoms with Gasteiger partial charge in [0.25, 0.3) is 0 Å². The summed E-state index contributed by atoms with van der Waals surface area (Å²) in [6.07, 6.45) is 1.80. The van der Waals surface area contributed by atoms with E-state index in [2.05, 4.69) is 42.5 Å². The molecular weight excluding hydrogens is 258 g/mol. The van der Waals surface area contributed by atoms with E-state index >= 15 is 0 Å². The summed E-state index contributed by atoms with van der Waals surface area (Å²) in [4.78, 5) is 12.9. The lowest BCUT2D eigenvalue weighted by Crippen LogP contribution is -2.14. The number of rotatable bonds is 4. The van der Waals surface area contributed by atoms with Gasteiger partial charge >= 0.3 is 0 Å². The second kappa shape index (κ2) is 5.93. The van der Waals surface area contributed by atoms with Crippen LogP contribution in [-0.4, -0.2) is 21.4 Å². The van der Waals surface area contributed by atoms with Gasteiger partial charge < -0.3 is 5.32 Å².